The third-order valence-electron chi connectivity index (χ3n) is 2.29. The SMILES string of the molecule is CC(C)c1noc(COC(=O)c2ccnc(Cl)c2)n1. The second kappa shape index (κ2) is 5.79. The van der Waals surface area contributed by atoms with Crippen LogP contribution in [0.3, 0.4) is 0 Å². The maximum absolute atomic E-state index is 11.7. The molecule has 2 heterocycles. The molecular weight excluding hydrogens is 270 g/mol. The molecule has 0 aliphatic heterocycles. The maximum atomic E-state index is 11.7. The normalized spacial score (nSPS) is 10.7. The van der Waals surface area contributed by atoms with Crippen LogP contribution >= 0.6 is 11.6 Å². The number of hydrogen-bond acceptors (Lipinski definition) is 6. The first-order chi connectivity index (χ1) is 9.06. The van der Waals surface area contributed by atoms with Crippen molar-refractivity contribution in [3.63, 3.8) is 0 Å². The van der Waals surface area contributed by atoms with Crippen molar-refractivity contribution in [1.82, 2.24) is 15.1 Å². The molecule has 0 aliphatic carbocycles. The molecule has 0 fully saturated rings. The minimum atomic E-state index is -0.520. The quantitative estimate of drug-likeness (QED) is 0.633. The second-order valence-electron chi connectivity index (χ2n) is 4.14. The Balaban J connectivity index is 1.96. The molecule has 2 aromatic rings. The number of pyridine rings is 1. The average Bonchev–Trinajstić information content (AvgIpc) is 2.85. The number of ether oxygens (including phenoxy) is 1. The Morgan fingerprint density at radius 3 is 2.95 bits per heavy atom. The first kappa shape index (κ1) is 13.5. The first-order valence-electron chi connectivity index (χ1n) is 5.67. The standard InChI is InChI=1S/C12H12ClN3O3/c1-7(2)11-15-10(19-16-11)6-18-12(17)8-3-4-14-9(13)5-8/h3-5,7H,6H2,1-2H3. The zero-order valence-electron chi connectivity index (χ0n) is 10.5. The molecule has 0 amide bonds. The van der Waals surface area contributed by atoms with E-state index < -0.39 is 5.97 Å². The Bertz CT molecular complexity index is 583. The molecule has 0 saturated carbocycles. The van der Waals surface area contributed by atoms with Crippen molar-refractivity contribution in [2.24, 2.45) is 0 Å². The summed E-state index contributed by atoms with van der Waals surface area (Å²) in [4.78, 5) is 19.6. The largest absolute Gasteiger partial charge is 0.452 e. The monoisotopic (exact) mass is 281 g/mol. The predicted octanol–water partition coefficient (Wildman–Crippen LogP) is 2.60. The van der Waals surface area contributed by atoms with E-state index >= 15 is 0 Å². The van der Waals surface area contributed by atoms with Gasteiger partial charge in [0.2, 0.25) is 0 Å². The summed E-state index contributed by atoms with van der Waals surface area (Å²) in [7, 11) is 0. The van der Waals surface area contributed by atoms with Crippen molar-refractivity contribution in [1.29, 1.82) is 0 Å². The van der Waals surface area contributed by atoms with Crippen molar-refractivity contribution in [3.05, 3.63) is 40.8 Å². The number of carbonyl (C=O) groups is 1. The van der Waals surface area contributed by atoms with Gasteiger partial charge in [-0.2, -0.15) is 4.98 Å². The van der Waals surface area contributed by atoms with Crippen LogP contribution in [-0.4, -0.2) is 21.1 Å². The highest BCUT2D eigenvalue weighted by Gasteiger charge is 2.13. The molecule has 0 atom stereocenters. The van der Waals surface area contributed by atoms with Gasteiger partial charge in [0, 0.05) is 12.1 Å². The van der Waals surface area contributed by atoms with Crippen molar-refractivity contribution in [3.8, 4) is 0 Å². The molecule has 19 heavy (non-hydrogen) atoms. The van der Waals surface area contributed by atoms with Gasteiger partial charge in [-0.15, -0.1) is 0 Å². The zero-order valence-corrected chi connectivity index (χ0v) is 11.2. The highest BCUT2D eigenvalue weighted by molar-refractivity contribution is 6.29. The molecule has 7 heteroatoms. The topological polar surface area (TPSA) is 78.1 Å². The maximum Gasteiger partial charge on any atom is 0.338 e. The highest BCUT2D eigenvalue weighted by atomic mass is 35.5. The molecule has 6 nitrogen and oxygen atoms in total. The Labute approximate surface area is 114 Å². The van der Waals surface area contributed by atoms with Gasteiger partial charge in [-0.3, -0.25) is 0 Å². The summed E-state index contributed by atoms with van der Waals surface area (Å²) in [6.07, 6.45) is 1.43. The molecule has 0 N–H and O–H groups in total. The van der Waals surface area contributed by atoms with Gasteiger partial charge in [0.25, 0.3) is 5.89 Å². The molecule has 0 bridgehead atoms. The number of nitrogens with zero attached hydrogens (tertiary/aromatic N) is 3. The fourth-order valence-electron chi connectivity index (χ4n) is 1.30. The predicted molar refractivity (Wildman–Crippen MR) is 66.8 cm³/mol. The van der Waals surface area contributed by atoms with Crippen LogP contribution in [0.2, 0.25) is 5.15 Å². The lowest BCUT2D eigenvalue weighted by atomic mass is 10.2. The Morgan fingerprint density at radius 1 is 1.53 bits per heavy atom. The lowest BCUT2D eigenvalue weighted by Crippen LogP contribution is -2.05. The van der Waals surface area contributed by atoms with E-state index in [1.807, 2.05) is 13.8 Å². The van der Waals surface area contributed by atoms with Gasteiger partial charge in [-0.05, 0) is 12.1 Å². The van der Waals surface area contributed by atoms with Gasteiger partial charge in [0.1, 0.15) is 5.15 Å². The molecule has 0 saturated heterocycles. The van der Waals surface area contributed by atoms with E-state index in [1.54, 1.807) is 0 Å². The third kappa shape index (κ3) is 3.51. The minimum Gasteiger partial charge on any atom is -0.452 e. The van der Waals surface area contributed by atoms with Gasteiger partial charge in [0.15, 0.2) is 12.4 Å². The van der Waals surface area contributed by atoms with Crippen LogP contribution in [0.5, 0.6) is 0 Å². The number of halogens is 1. The minimum absolute atomic E-state index is 0.0709. The summed E-state index contributed by atoms with van der Waals surface area (Å²) in [6.45, 7) is 3.82. The van der Waals surface area contributed by atoms with E-state index in [9.17, 15) is 4.79 Å². The molecule has 0 aromatic carbocycles. The molecular formula is C12H12ClN3O3. The lowest BCUT2D eigenvalue weighted by Gasteiger charge is -2.01. The zero-order chi connectivity index (χ0) is 13.8. The number of rotatable bonds is 4. The van der Waals surface area contributed by atoms with Crippen LogP contribution in [0.25, 0.3) is 0 Å². The number of aromatic nitrogens is 3. The Morgan fingerprint density at radius 2 is 2.32 bits per heavy atom. The van der Waals surface area contributed by atoms with Crippen LogP contribution in [0.15, 0.2) is 22.9 Å². The van der Waals surface area contributed by atoms with Gasteiger partial charge in [0.05, 0.1) is 5.56 Å². The van der Waals surface area contributed by atoms with Gasteiger partial charge in [-0.1, -0.05) is 30.6 Å². The summed E-state index contributed by atoms with van der Waals surface area (Å²) in [5, 5.41) is 4.00. The summed E-state index contributed by atoms with van der Waals surface area (Å²) in [6, 6.07) is 2.94. The lowest BCUT2D eigenvalue weighted by molar-refractivity contribution is 0.0429. The van der Waals surface area contributed by atoms with Crippen molar-refractivity contribution in [2.75, 3.05) is 0 Å². The molecule has 0 unspecified atom stereocenters. The van der Waals surface area contributed by atoms with Crippen LogP contribution < -0.4 is 0 Å². The van der Waals surface area contributed by atoms with Crippen molar-refractivity contribution in [2.45, 2.75) is 26.4 Å². The number of esters is 1. The van der Waals surface area contributed by atoms with Crippen LogP contribution in [0, 0.1) is 0 Å². The molecule has 100 valence electrons. The second-order valence-corrected chi connectivity index (χ2v) is 4.53. The van der Waals surface area contributed by atoms with Gasteiger partial charge in [-0.25, -0.2) is 9.78 Å². The summed E-state index contributed by atoms with van der Waals surface area (Å²) < 4.78 is 10.00. The summed E-state index contributed by atoms with van der Waals surface area (Å²) >= 11 is 5.68. The van der Waals surface area contributed by atoms with Gasteiger partial charge >= 0.3 is 5.97 Å². The van der Waals surface area contributed by atoms with E-state index in [0.717, 1.165) is 0 Å². The number of carbonyl (C=O) groups excluding carboxylic acids is 1. The Kier molecular flexibility index (Phi) is 4.11. The Hall–Kier alpha value is -1.95. The molecule has 0 spiro atoms. The summed E-state index contributed by atoms with van der Waals surface area (Å²) in [5.41, 5.74) is 0.323. The van der Waals surface area contributed by atoms with E-state index in [0.29, 0.717) is 11.4 Å². The van der Waals surface area contributed by atoms with E-state index in [-0.39, 0.29) is 23.6 Å². The van der Waals surface area contributed by atoms with Crippen LogP contribution in [0.4, 0.5) is 0 Å². The van der Waals surface area contributed by atoms with Gasteiger partial charge < -0.3 is 9.26 Å². The molecule has 0 aliphatic rings. The summed E-state index contributed by atoms with van der Waals surface area (Å²) in [5.74, 6) is 0.482. The third-order valence-corrected chi connectivity index (χ3v) is 2.50. The fraction of sp³-hybridized carbons (Fsp3) is 0.333. The number of hydrogen-bond donors (Lipinski definition) is 0. The van der Waals surface area contributed by atoms with Crippen molar-refractivity contribution < 1.29 is 14.1 Å². The van der Waals surface area contributed by atoms with E-state index in [4.69, 9.17) is 20.9 Å². The molecule has 2 rings (SSSR count). The smallest absolute Gasteiger partial charge is 0.338 e. The van der Waals surface area contributed by atoms with E-state index in [2.05, 4.69) is 15.1 Å². The van der Waals surface area contributed by atoms with Crippen LogP contribution in [0.1, 0.15) is 41.8 Å². The highest BCUT2D eigenvalue weighted by Crippen LogP contribution is 2.12. The molecule has 2 aromatic heterocycles. The average molecular weight is 282 g/mol. The fourth-order valence-corrected chi connectivity index (χ4v) is 1.48. The molecule has 0 radical (unpaired) electrons. The van der Waals surface area contributed by atoms with Crippen molar-refractivity contribution >= 4 is 17.6 Å². The van der Waals surface area contributed by atoms with E-state index in [1.165, 1.54) is 18.3 Å². The van der Waals surface area contributed by atoms with Crippen LogP contribution in [-0.2, 0) is 11.3 Å². The first-order valence-corrected chi connectivity index (χ1v) is 6.05.